The van der Waals surface area contributed by atoms with Crippen LogP contribution in [0.4, 0.5) is 8.78 Å². The molecule has 0 amide bonds. The van der Waals surface area contributed by atoms with Crippen LogP contribution < -0.4 is 0 Å². The van der Waals surface area contributed by atoms with Crippen molar-refractivity contribution in [3.63, 3.8) is 0 Å². The number of hydrogen-bond donors (Lipinski definition) is 0. The SMILES string of the molecule is C=C1C(CCC(F)F)=CC(C)=CN1/C=C(\C)C1CC1. The van der Waals surface area contributed by atoms with Crippen molar-refractivity contribution >= 4 is 0 Å². The lowest BCUT2D eigenvalue weighted by molar-refractivity contribution is 0.138. The molecule has 0 aromatic carbocycles. The summed E-state index contributed by atoms with van der Waals surface area (Å²) >= 11 is 0. The van der Waals surface area contributed by atoms with Crippen LogP contribution in [0.1, 0.15) is 39.5 Å². The minimum absolute atomic E-state index is 0.0999. The van der Waals surface area contributed by atoms with Gasteiger partial charge >= 0.3 is 0 Å². The van der Waals surface area contributed by atoms with Crippen LogP contribution in [-0.4, -0.2) is 11.3 Å². The summed E-state index contributed by atoms with van der Waals surface area (Å²) in [4.78, 5) is 1.99. The van der Waals surface area contributed by atoms with Crippen molar-refractivity contribution in [2.24, 2.45) is 5.92 Å². The monoisotopic (exact) mass is 265 g/mol. The minimum atomic E-state index is -2.25. The van der Waals surface area contributed by atoms with Crippen LogP contribution in [0.2, 0.25) is 0 Å². The zero-order valence-electron chi connectivity index (χ0n) is 11.6. The quantitative estimate of drug-likeness (QED) is 0.675. The third kappa shape index (κ3) is 3.79. The lowest BCUT2D eigenvalue weighted by atomic mass is 10.0. The first-order chi connectivity index (χ1) is 8.97. The van der Waals surface area contributed by atoms with Crippen molar-refractivity contribution in [3.05, 3.63) is 47.5 Å². The average molecular weight is 265 g/mol. The van der Waals surface area contributed by atoms with Gasteiger partial charge in [-0.15, -0.1) is 0 Å². The molecule has 1 heterocycles. The highest BCUT2D eigenvalue weighted by atomic mass is 19.3. The molecule has 2 rings (SSSR count). The molecule has 0 spiro atoms. The molecule has 0 unspecified atom stereocenters. The van der Waals surface area contributed by atoms with E-state index in [4.69, 9.17) is 0 Å². The molecule has 1 aliphatic carbocycles. The predicted octanol–water partition coefficient (Wildman–Crippen LogP) is 5.01. The maximum Gasteiger partial charge on any atom is 0.239 e. The van der Waals surface area contributed by atoms with Crippen molar-refractivity contribution in [3.8, 4) is 0 Å². The molecule has 1 nitrogen and oxygen atoms in total. The first-order valence-corrected chi connectivity index (χ1v) is 6.80. The fourth-order valence-electron chi connectivity index (χ4n) is 2.32. The molecule has 0 N–H and O–H groups in total. The smallest absolute Gasteiger partial charge is 0.239 e. The maximum atomic E-state index is 12.3. The van der Waals surface area contributed by atoms with E-state index in [0.29, 0.717) is 12.3 Å². The maximum absolute atomic E-state index is 12.3. The van der Waals surface area contributed by atoms with Gasteiger partial charge in [0.2, 0.25) is 6.43 Å². The predicted molar refractivity (Wildman–Crippen MR) is 74.5 cm³/mol. The second kappa shape index (κ2) is 5.72. The van der Waals surface area contributed by atoms with Gasteiger partial charge in [-0.2, -0.15) is 0 Å². The summed E-state index contributed by atoms with van der Waals surface area (Å²) in [7, 11) is 0. The van der Waals surface area contributed by atoms with Crippen molar-refractivity contribution in [1.82, 2.24) is 4.90 Å². The Hall–Kier alpha value is -1.38. The number of nitrogens with zero attached hydrogens (tertiary/aromatic N) is 1. The van der Waals surface area contributed by atoms with Crippen LogP contribution in [0.5, 0.6) is 0 Å². The van der Waals surface area contributed by atoms with Gasteiger partial charge in [0.1, 0.15) is 0 Å². The Bertz CT molecular complexity index is 453. The van der Waals surface area contributed by atoms with Crippen LogP contribution >= 0.6 is 0 Å². The number of rotatable bonds is 5. The first kappa shape index (κ1) is 14.0. The number of halogens is 2. The molecule has 19 heavy (non-hydrogen) atoms. The molecule has 104 valence electrons. The van der Waals surface area contributed by atoms with Gasteiger partial charge in [-0.3, -0.25) is 0 Å². The summed E-state index contributed by atoms with van der Waals surface area (Å²) < 4.78 is 24.7. The molecule has 0 aromatic rings. The zero-order chi connectivity index (χ0) is 14.0. The Balaban J connectivity index is 2.08. The third-order valence-corrected chi connectivity index (χ3v) is 3.62. The van der Waals surface area contributed by atoms with Crippen LogP contribution in [0, 0.1) is 5.92 Å². The third-order valence-electron chi connectivity index (χ3n) is 3.62. The van der Waals surface area contributed by atoms with Crippen LogP contribution in [0.3, 0.4) is 0 Å². The van der Waals surface area contributed by atoms with E-state index in [1.807, 2.05) is 24.1 Å². The second-order valence-corrected chi connectivity index (χ2v) is 5.47. The van der Waals surface area contributed by atoms with Crippen molar-refractivity contribution < 1.29 is 8.78 Å². The van der Waals surface area contributed by atoms with E-state index < -0.39 is 6.43 Å². The van der Waals surface area contributed by atoms with Crippen molar-refractivity contribution in [1.29, 1.82) is 0 Å². The fourth-order valence-corrected chi connectivity index (χ4v) is 2.32. The second-order valence-electron chi connectivity index (χ2n) is 5.47. The van der Waals surface area contributed by atoms with Crippen LogP contribution in [0.25, 0.3) is 0 Å². The van der Waals surface area contributed by atoms with Gasteiger partial charge in [0.15, 0.2) is 0 Å². The summed E-state index contributed by atoms with van der Waals surface area (Å²) in [5, 5.41) is 0. The number of alkyl halides is 2. The molecule has 1 aliphatic heterocycles. The van der Waals surface area contributed by atoms with Gasteiger partial charge in [-0.1, -0.05) is 18.2 Å². The van der Waals surface area contributed by atoms with Gasteiger partial charge in [0.25, 0.3) is 0 Å². The Labute approximate surface area is 114 Å². The van der Waals surface area contributed by atoms with E-state index >= 15 is 0 Å². The molecule has 0 saturated heterocycles. The van der Waals surface area contributed by atoms with E-state index in [9.17, 15) is 8.78 Å². The Morgan fingerprint density at radius 2 is 2.21 bits per heavy atom. The van der Waals surface area contributed by atoms with Gasteiger partial charge in [-0.25, -0.2) is 8.78 Å². The fraction of sp³-hybridized carbons (Fsp3) is 0.500. The first-order valence-electron chi connectivity index (χ1n) is 6.80. The van der Waals surface area contributed by atoms with Gasteiger partial charge in [0.05, 0.1) is 0 Å². The zero-order valence-corrected chi connectivity index (χ0v) is 11.6. The number of hydrogen-bond acceptors (Lipinski definition) is 1. The summed E-state index contributed by atoms with van der Waals surface area (Å²) in [5.41, 5.74) is 4.17. The van der Waals surface area contributed by atoms with E-state index in [0.717, 1.165) is 16.8 Å². The van der Waals surface area contributed by atoms with E-state index in [1.165, 1.54) is 18.4 Å². The molecule has 1 fully saturated rings. The summed E-state index contributed by atoms with van der Waals surface area (Å²) in [5.74, 6) is 0.705. The van der Waals surface area contributed by atoms with E-state index in [-0.39, 0.29) is 6.42 Å². The highest BCUT2D eigenvalue weighted by molar-refractivity contribution is 5.41. The molecule has 0 aromatic heterocycles. The lowest BCUT2D eigenvalue weighted by Gasteiger charge is -2.26. The Kier molecular flexibility index (Phi) is 4.23. The van der Waals surface area contributed by atoms with E-state index in [2.05, 4.69) is 19.7 Å². The summed E-state index contributed by atoms with van der Waals surface area (Å²) in [6.07, 6.45) is 6.63. The summed E-state index contributed by atoms with van der Waals surface area (Å²) in [6, 6.07) is 0. The van der Waals surface area contributed by atoms with Crippen molar-refractivity contribution in [2.45, 2.75) is 46.0 Å². The van der Waals surface area contributed by atoms with Crippen LogP contribution in [0.15, 0.2) is 47.5 Å². The topological polar surface area (TPSA) is 3.24 Å². The largest absolute Gasteiger partial charge is 0.324 e. The van der Waals surface area contributed by atoms with Gasteiger partial charge < -0.3 is 4.90 Å². The molecule has 0 radical (unpaired) electrons. The lowest BCUT2D eigenvalue weighted by Crippen LogP contribution is -2.16. The van der Waals surface area contributed by atoms with Gasteiger partial charge in [0, 0.05) is 24.5 Å². The summed E-state index contributed by atoms with van der Waals surface area (Å²) in [6.45, 7) is 8.16. The molecule has 3 heteroatoms. The molecule has 1 saturated carbocycles. The minimum Gasteiger partial charge on any atom is -0.324 e. The Morgan fingerprint density at radius 3 is 2.79 bits per heavy atom. The highest BCUT2D eigenvalue weighted by Gasteiger charge is 2.24. The van der Waals surface area contributed by atoms with Crippen molar-refractivity contribution in [2.75, 3.05) is 0 Å². The van der Waals surface area contributed by atoms with E-state index in [1.54, 1.807) is 0 Å². The normalized spacial score (nSPS) is 20.8. The standard InChI is InChI=1S/C16H21F2N/c1-11-8-15(6-7-16(17)18)13(3)19(9-11)10-12(2)14-4-5-14/h8-10,14,16H,3-7H2,1-2H3/b12-10+. The molecule has 0 bridgehead atoms. The molecule has 0 atom stereocenters. The van der Waals surface area contributed by atoms with Crippen LogP contribution in [-0.2, 0) is 0 Å². The molecule has 2 aliphatic rings. The van der Waals surface area contributed by atoms with Gasteiger partial charge in [-0.05, 0) is 50.2 Å². The highest BCUT2D eigenvalue weighted by Crippen LogP contribution is 2.37. The Morgan fingerprint density at radius 1 is 1.53 bits per heavy atom. The average Bonchev–Trinajstić information content (AvgIpc) is 3.15. The number of allylic oxidation sites excluding steroid dienone is 4. The molecular weight excluding hydrogens is 244 g/mol. The molecular formula is C16H21F2N.